The quantitative estimate of drug-likeness (QED) is 0.638. The average molecular weight is 351 g/mol. The maximum atomic E-state index is 11.9. The van der Waals surface area contributed by atoms with Crippen LogP contribution in [0.3, 0.4) is 0 Å². The van der Waals surface area contributed by atoms with E-state index in [-0.39, 0.29) is 6.03 Å². The first kappa shape index (κ1) is 17.4. The van der Waals surface area contributed by atoms with Gasteiger partial charge in [-0.3, -0.25) is 0 Å². The van der Waals surface area contributed by atoms with E-state index in [0.717, 1.165) is 22.9 Å². The lowest BCUT2D eigenvalue weighted by Gasteiger charge is -2.10. The number of nitrogens with zero attached hydrogens (tertiary/aromatic N) is 1. The molecule has 0 spiro atoms. The number of hydrogen-bond acceptors (Lipinski definition) is 3. The lowest BCUT2D eigenvalue weighted by atomic mass is 10.3. The standard InChI is InChI=1S/C20H21N3O3/c1-25-18-8-10-19(11-9-18)26-15-12-21-20(24)22-16-4-6-17(7-5-16)23-13-2-3-14-23/h2-11,13-14H,12,15H2,1H3,(H2,21,22,24). The molecule has 2 N–H and O–H groups in total. The first-order chi connectivity index (χ1) is 12.7. The zero-order valence-corrected chi connectivity index (χ0v) is 14.5. The van der Waals surface area contributed by atoms with Crippen LogP contribution in [0.25, 0.3) is 5.69 Å². The molecule has 1 heterocycles. The summed E-state index contributed by atoms with van der Waals surface area (Å²) in [5, 5.41) is 5.56. The second kappa shape index (κ2) is 8.62. The summed E-state index contributed by atoms with van der Waals surface area (Å²) in [6.45, 7) is 0.783. The molecule has 2 amide bonds. The number of anilines is 1. The highest BCUT2D eigenvalue weighted by Crippen LogP contribution is 2.16. The largest absolute Gasteiger partial charge is 0.497 e. The van der Waals surface area contributed by atoms with Crippen LogP contribution in [0.4, 0.5) is 10.5 Å². The third kappa shape index (κ3) is 4.80. The summed E-state index contributed by atoms with van der Waals surface area (Å²) >= 11 is 0. The molecule has 0 aliphatic heterocycles. The Hall–Kier alpha value is -3.41. The number of hydrogen-bond donors (Lipinski definition) is 2. The van der Waals surface area contributed by atoms with Crippen molar-refractivity contribution in [2.24, 2.45) is 0 Å². The van der Waals surface area contributed by atoms with Crippen LogP contribution in [0.5, 0.6) is 11.5 Å². The molecule has 0 aliphatic carbocycles. The molecule has 0 atom stereocenters. The molecule has 1 aromatic heterocycles. The van der Waals surface area contributed by atoms with Crippen molar-refractivity contribution < 1.29 is 14.3 Å². The van der Waals surface area contributed by atoms with Gasteiger partial charge < -0.3 is 24.7 Å². The van der Waals surface area contributed by atoms with Crippen molar-refractivity contribution in [2.75, 3.05) is 25.6 Å². The Bertz CT molecular complexity index is 813. The van der Waals surface area contributed by atoms with E-state index in [2.05, 4.69) is 10.6 Å². The number of benzene rings is 2. The first-order valence-corrected chi connectivity index (χ1v) is 8.30. The highest BCUT2D eigenvalue weighted by Gasteiger charge is 2.02. The van der Waals surface area contributed by atoms with Gasteiger partial charge in [0.15, 0.2) is 0 Å². The summed E-state index contributed by atoms with van der Waals surface area (Å²) in [6.07, 6.45) is 3.94. The lowest BCUT2D eigenvalue weighted by molar-refractivity contribution is 0.247. The maximum absolute atomic E-state index is 11.9. The van der Waals surface area contributed by atoms with Gasteiger partial charge in [-0.1, -0.05) is 0 Å². The fourth-order valence-corrected chi connectivity index (χ4v) is 2.40. The van der Waals surface area contributed by atoms with E-state index in [1.165, 1.54) is 0 Å². The van der Waals surface area contributed by atoms with Crippen LogP contribution in [-0.4, -0.2) is 30.9 Å². The SMILES string of the molecule is COc1ccc(OCCNC(=O)Nc2ccc(-n3cccc3)cc2)cc1. The molecule has 0 saturated heterocycles. The lowest BCUT2D eigenvalue weighted by Crippen LogP contribution is -2.32. The molecule has 0 saturated carbocycles. The van der Waals surface area contributed by atoms with Crippen LogP contribution in [0.15, 0.2) is 73.1 Å². The van der Waals surface area contributed by atoms with E-state index < -0.39 is 0 Å². The van der Waals surface area contributed by atoms with Gasteiger partial charge >= 0.3 is 6.03 Å². The molecule has 0 aliphatic rings. The van der Waals surface area contributed by atoms with Crippen molar-refractivity contribution >= 4 is 11.7 Å². The van der Waals surface area contributed by atoms with Gasteiger partial charge in [0.05, 0.1) is 13.7 Å². The minimum atomic E-state index is -0.267. The molecular weight excluding hydrogens is 330 g/mol. The van der Waals surface area contributed by atoms with E-state index in [4.69, 9.17) is 9.47 Å². The molecule has 0 fully saturated rings. The van der Waals surface area contributed by atoms with Crippen LogP contribution in [-0.2, 0) is 0 Å². The fraction of sp³-hybridized carbons (Fsp3) is 0.150. The highest BCUT2D eigenvalue weighted by atomic mass is 16.5. The summed E-state index contributed by atoms with van der Waals surface area (Å²) in [5.41, 5.74) is 1.77. The summed E-state index contributed by atoms with van der Waals surface area (Å²) in [5.74, 6) is 1.51. The van der Waals surface area contributed by atoms with Gasteiger partial charge in [-0.15, -0.1) is 0 Å². The Morgan fingerprint density at radius 3 is 2.27 bits per heavy atom. The van der Waals surface area contributed by atoms with Gasteiger partial charge in [-0.25, -0.2) is 4.79 Å². The molecule has 2 aromatic carbocycles. The molecule has 3 rings (SSSR count). The van der Waals surface area contributed by atoms with Crippen molar-refractivity contribution in [2.45, 2.75) is 0 Å². The maximum Gasteiger partial charge on any atom is 0.319 e. The highest BCUT2D eigenvalue weighted by molar-refractivity contribution is 5.89. The molecule has 0 unspecified atom stereocenters. The van der Waals surface area contributed by atoms with Gasteiger partial charge in [0, 0.05) is 23.8 Å². The third-order valence-corrected chi connectivity index (χ3v) is 3.74. The van der Waals surface area contributed by atoms with Gasteiger partial charge in [-0.2, -0.15) is 0 Å². The number of amides is 2. The molecule has 134 valence electrons. The predicted octanol–water partition coefficient (Wildman–Crippen LogP) is 3.69. The van der Waals surface area contributed by atoms with Crippen molar-refractivity contribution in [1.29, 1.82) is 0 Å². The van der Waals surface area contributed by atoms with Crippen molar-refractivity contribution in [3.63, 3.8) is 0 Å². The number of carbonyl (C=O) groups excluding carboxylic acids is 1. The molecule has 26 heavy (non-hydrogen) atoms. The zero-order valence-electron chi connectivity index (χ0n) is 14.5. The Balaban J connectivity index is 1.39. The van der Waals surface area contributed by atoms with Crippen molar-refractivity contribution in [3.8, 4) is 17.2 Å². The number of carbonyl (C=O) groups is 1. The molecule has 3 aromatic rings. The second-order valence-corrected chi connectivity index (χ2v) is 5.54. The van der Waals surface area contributed by atoms with E-state index in [1.54, 1.807) is 7.11 Å². The number of methoxy groups -OCH3 is 1. The number of urea groups is 1. The topological polar surface area (TPSA) is 64.5 Å². The monoisotopic (exact) mass is 351 g/mol. The Morgan fingerprint density at radius 2 is 1.62 bits per heavy atom. The van der Waals surface area contributed by atoms with Gasteiger partial charge in [-0.05, 0) is 60.7 Å². The van der Waals surface area contributed by atoms with Crippen LogP contribution < -0.4 is 20.1 Å². The normalized spacial score (nSPS) is 10.2. The van der Waals surface area contributed by atoms with Crippen molar-refractivity contribution in [3.05, 3.63) is 73.1 Å². The summed E-state index contributed by atoms with van der Waals surface area (Å²) < 4.78 is 12.7. The second-order valence-electron chi connectivity index (χ2n) is 5.54. The Labute approximate surface area is 152 Å². The number of aromatic nitrogens is 1. The van der Waals surface area contributed by atoms with E-state index in [1.807, 2.05) is 77.6 Å². The van der Waals surface area contributed by atoms with Gasteiger partial charge in [0.1, 0.15) is 18.1 Å². The summed E-state index contributed by atoms with van der Waals surface area (Å²) in [7, 11) is 1.62. The first-order valence-electron chi connectivity index (χ1n) is 8.30. The molecule has 0 bridgehead atoms. The number of ether oxygens (including phenoxy) is 2. The van der Waals surface area contributed by atoms with Crippen LogP contribution >= 0.6 is 0 Å². The van der Waals surface area contributed by atoms with Crippen LogP contribution in [0, 0.1) is 0 Å². The molecular formula is C20H21N3O3. The van der Waals surface area contributed by atoms with Gasteiger partial charge in [0.25, 0.3) is 0 Å². The number of nitrogens with one attached hydrogen (secondary N) is 2. The molecule has 6 nitrogen and oxygen atoms in total. The third-order valence-electron chi connectivity index (χ3n) is 3.74. The minimum absolute atomic E-state index is 0.267. The van der Waals surface area contributed by atoms with Crippen LogP contribution in [0.1, 0.15) is 0 Å². The fourth-order valence-electron chi connectivity index (χ4n) is 2.40. The predicted molar refractivity (Wildman–Crippen MR) is 101 cm³/mol. The average Bonchev–Trinajstić information content (AvgIpc) is 3.21. The Morgan fingerprint density at radius 1 is 0.962 bits per heavy atom. The molecule has 0 radical (unpaired) electrons. The summed E-state index contributed by atoms with van der Waals surface area (Å²) in [4.78, 5) is 11.9. The summed E-state index contributed by atoms with van der Waals surface area (Å²) in [6, 6.07) is 18.6. The van der Waals surface area contributed by atoms with Gasteiger partial charge in [0.2, 0.25) is 0 Å². The zero-order chi connectivity index (χ0) is 18.2. The van der Waals surface area contributed by atoms with E-state index >= 15 is 0 Å². The Kier molecular flexibility index (Phi) is 5.77. The number of rotatable bonds is 7. The molecule has 6 heteroatoms. The van der Waals surface area contributed by atoms with Crippen molar-refractivity contribution in [1.82, 2.24) is 9.88 Å². The minimum Gasteiger partial charge on any atom is -0.497 e. The smallest absolute Gasteiger partial charge is 0.319 e. The van der Waals surface area contributed by atoms with E-state index in [9.17, 15) is 4.79 Å². The van der Waals surface area contributed by atoms with Crippen LogP contribution in [0.2, 0.25) is 0 Å². The van der Waals surface area contributed by atoms with E-state index in [0.29, 0.717) is 13.2 Å².